The van der Waals surface area contributed by atoms with Gasteiger partial charge in [-0.25, -0.2) is 9.97 Å². The highest BCUT2D eigenvalue weighted by Crippen LogP contribution is 2.38. The fourth-order valence-electron chi connectivity index (χ4n) is 7.53. The number of para-hydroxylation sites is 3. The lowest BCUT2D eigenvalue weighted by molar-refractivity contribution is 0.483. The van der Waals surface area contributed by atoms with Crippen molar-refractivity contribution in [1.82, 2.24) is 23.7 Å². The van der Waals surface area contributed by atoms with E-state index >= 15 is 0 Å². The lowest BCUT2D eigenvalue weighted by Gasteiger charge is -2.22. The van der Waals surface area contributed by atoms with E-state index in [2.05, 4.69) is 151 Å². The standard InChI is InChI=1S/C44H37N5O/c1-28(2)33-16-10-17-34(29(3)4)42(33)47-25-24-46-44(47)49-40-20-8-5-14-35(40)37-22-21-32(27-41(37)49)50-31-13-9-12-30(26-31)48-39-19-7-6-15-36(39)38-18-11-23-45-43(38)48/h5-29H,1-4H3. The maximum absolute atomic E-state index is 6.66. The molecule has 0 aliphatic rings. The Morgan fingerprint density at radius 1 is 0.520 bits per heavy atom. The lowest BCUT2D eigenvalue weighted by atomic mass is 9.92. The van der Waals surface area contributed by atoms with E-state index in [0.29, 0.717) is 11.8 Å². The van der Waals surface area contributed by atoms with E-state index in [4.69, 9.17) is 14.7 Å². The van der Waals surface area contributed by atoms with Crippen LogP contribution in [0.3, 0.4) is 0 Å². The fraction of sp³-hybridized carbons (Fsp3) is 0.136. The van der Waals surface area contributed by atoms with Crippen molar-refractivity contribution in [3.63, 3.8) is 0 Å². The van der Waals surface area contributed by atoms with Crippen LogP contribution >= 0.6 is 0 Å². The molecule has 0 saturated heterocycles. The van der Waals surface area contributed by atoms with Crippen LogP contribution in [0.2, 0.25) is 0 Å². The average Bonchev–Trinajstić information content (AvgIpc) is 3.83. The van der Waals surface area contributed by atoms with Gasteiger partial charge < -0.3 is 4.74 Å². The van der Waals surface area contributed by atoms with E-state index in [9.17, 15) is 0 Å². The van der Waals surface area contributed by atoms with Crippen molar-refractivity contribution in [2.75, 3.05) is 0 Å². The molecule has 0 fully saturated rings. The van der Waals surface area contributed by atoms with Gasteiger partial charge in [0, 0.05) is 52.3 Å². The van der Waals surface area contributed by atoms with Gasteiger partial charge in [-0.05, 0) is 71.5 Å². The fourth-order valence-corrected chi connectivity index (χ4v) is 7.53. The summed E-state index contributed by atoms with van der Waals surface area (Å²) >= 11 is 0. The molecule has 4 aromatic heterocycles. The molecule has 0 aliphatic heterocycles. The maximum atomic E-state index is 6.66. The molecule has 0 aliphatic carbocycles. The Kier molecular flexibility index (Phi) is 7.06. The van der Waals surface area contributed by atoms with Gasteiger partial charge in [0.15, 0.2) is 0 Å². The zero-order chi connectivity index (χ0) is 33.9. The highest BCUT2D eigenvalue weighted by Gasteiger charge is 2.22. The third-order valence-corrected chi connectivity index (χ3v) is 9.79. The molecule has 0 N–H and O–H groups in total. The Bertz CT molecular complexity index is 2630. The van der Waals surface area contributed by atoms with Gasteiger partial charge in [0.2, 0.25) is 5.95 Å². The molecule has 0 spiro atoms. The molecule has 0 bridgehead atoms. The average molecular weight is 652 g/mol. The van der Waals surface area contributed by atoms with Gasteiger partial charge in [-0.1, -0.05) is 88.4 Å². The third-order valence-electron chi connectivity index (χ3n) is 9.79. The second-order valence-electron chi connectivity index (χ2n) is 13.5. The molecular weight excluding hydrogens is 615 g/mol. The number of ether oxygens (including phenoxy) is 1. The van der Waals surface area contributed by atoms with Crippen LogP contribution in [0.1, 0.15) is 50.7 Å². The zero-order valence-corrected chi connectivity index (χ0v) is 28.6. The monoisotopic (exact) mass is 651 g/mol. The van der Waals surface area contributed by atoms with Crippen molar-refractivity contribution in [2.45, 2.75) is 39.5 Å². The number of hydrogen-bond donors (Lipinski definition) is 0. The first-order valence-electron chi connectivity index (χ1n) is 17.3. The Balaban J connectivity index is 1.19. The lowest BCUT2D eigenvalue weighted by Crippen LogP contribution is -2.11. The smallest absolute Gasteiger partial charge is 0.219 e. The first kappa shape index (κ1) is 30.0. The van der Waals surface area contributed by atoms with Crippen molar-refractivity contribution < 1.29 is 4.74 Å². The Labute approximate surface area is 290 Å². The van der Waals surface area contributed by atoms with Gasteiger partial charge in [0.1, 0.15) is 17.1 Å². The van der Waals surface area contributed by atoms with Crippen LogP contribution in [0.25, 0.3) is 61.1 Å². The summed E-state index contributed by atoms with van der Waals surface area (Å²) in [6.45, 7) is 9.04. The molecule has 4 heterocycles. The summed E-state index contributed by atoms with van der Waals surface area (Å²) in [7, 11) is 0. The summed E-state index contributed by atoms with van der Waals surface area (Å²) in [6.07, 6.45) is 5.85. The number of imidazole rings is 1. The van der Waals surface area contributed by atoms with E-state index < -0.39 is 0 Å². The molecule has 0 unspecified atom stereocenters. The largest absolute Gasteiger partial charge is 0.457 e. The number of fused-ring (bicyclic) bond motifs is 6. The Morgan fingerprint density at radius 3 is 1.92 bits per heavy atom. The van der Waals surface area contributed by atoms with E-state index in [0.717, 1.165) is 56.1 Å². The molecule has 0 atom stereocenters. The normalized spacial score (nSPS) is 12.0. The van der Waals surface area contributed by atoms with E-state index in [1.54, 1.807) is 0 Å². The summed E-state index contributed by atoms with van der Waals surface area (Å²) in [4.78, 5) is 9.78. The van der Waals surface area contributed by atoms with E-state index in [-0.39, 0.29) is 0 Å². The first-order valence-corrected chi connectivity index (χ1v) is 17.3. The van der Waals surface area contributed by atoms with Crippen molar-refractivity contribution in [2.24, 2.45) is 0 Å². The molecule has 0 radical (unpaired) electrons. The van der Waals surface area contributed by atoms with Crippen molar-refractivity contribution in [1.29, 1.82) is 0 Å². The van der Waals surface area contributed by atoms with Crippen molar-refractivity contribution >= 4 is 43.7 Å². The van der Waals surface area contributed by atoms with Gasteiger partial charge in [0.05, 0.1) is 27.9 Å². The highest BCUT2D eigenvalue weighted by molar-refractivity contribution is 6.09. The van der Waals surface area contributed by atoms with Crippen molar-refractivity contribution in [3.8, 4) is 28.8 Å². The Hall–Kier alpha value is -6.14. The van der Waals surface area contributed by atoms with Gasteiger partial charge >= 0.3 is 0 Å². The second kappa shape index (κ2) is 11.8. The van der Waals surface area contributed by atoms with Crippen molar-refractivity contribution in [3.05, 3.63) is 151 Å². The maximum Gasteiger partial charge on any atom is 0.219 e. The minimum atomic E-state index is 0.353. The first-order chi connectivity index (χ1) is 24.5. The van der Waals surface area contributed by atoms with Crippen LogP contribution in [0.4, 0.5) is 0 Å². The second-order valence-corrected chi connectivity index (χ2v) is 13.5. The summed E-state index contributed by atoms with van der Waals surface area (Å²) in [5, 5.41) is 4.62. The molecule has 9 aromatic rings. The number of nitrogens with zero attached hydrogens (tertiary/aromatic N) is 5. The topological polar surface area (TPSA) is 49.8 Å². The van der Waals surface area contributed by atoms with Gasteiger partial charge in [0.25, 0.3) is 0 Å². The van der Waals surface area contributed by atoms with Crippen LogP contribution in [-0.4, -0.2) is 23.7 Å². The summed E-state index contributed by atoms with van der Waals surface area (Å²) in [5.41, 5.74) is 8.98. The minimum Gasteiger partial charge on any atom is -0.457 e. The number of hydrogen-bond acceptors (Lipinski definition) is 3. The number of benzene rings is 5. The van der Waals surface area contributed by atoms with Crippen LogP contribution in [-0.2, 0) is 0 Å². The predicted molar refractivity (Wildman–Crippen MR) is 205 cm³/mol. The van der Waals surface area contributed by atoms with Crippen LogP contribution < -0.4 is 4.74 Å². The predicted octanol–water partition coefficient (Wildman–Crippen LogP) is 11.5. The highest BCUT2D eigenvalue weighted by atomic mass is 16.5. The quantitative estimate of drug-likeness (QED) is 0.172. The minimum absolute atomic E-state index is 0.353. The van der Waals surface area contributed by atoms with Crippen LogP contribution in [0.5, 0.6) is 11.5 Å². The summed E-state index contributed by atoms with van der Waals surface area (Å²) in [6, 6.07) is 42.4. The molecule has 50 heavy (non-hydrogen) atoms. The summed E-state index contributed by atoms with van der Waals surface area (Å²) < 4.78 is 13.4. The molecule has 0 amide bonds. The molecule has 6 heteroatoms. The van der Waals surface area contributed by atoms with Gasteiger partial charge in [-0.2, -0.15) is 0 Å². The number of aromatic nitrogens is 5. The van der Waals surface area contributed by atoms with Crippen LogP contribution in [0, 0.1) is 0 Å². The molecule has 5 aromatic carbocycles. The van der Waals surface area contributed by atoms with Crippen LogP contribution in [0.15, 0.2) is 140 Å². The SMILES string of the molecule is CC(C)c1cccc(C(C)C)c1-n1ccnc1-n1c2ccccc2c2ccc(Oc3cccc(-n4c5ccccc5c5cccnc54)c3)cc21. The number of pyridine rings is 1. The molecular formula is C44H37N5O. The molecule has 9 rings (SSSR count). The van der Waals surface area contributed by atoms with Gasteiger partial charge in [-0.15, -0.1) is 0 Å². The summed E-state index contributed by atoms with van der Waals surface area (Å²) in [5.74, 6) is 3.06. The zero-order valence-electron chi connectivity index (χ0n) is 28.6. The molecule has 0 saturated carbocycles. The third kappa shape index (κ3) is 4.71. The van der Waals surface area contributed by atoms with E-state index in [1.165, 1.54) is 27.6 Å². The Morgan fingerprint density at radius 2 is 1.16 bits per heavy atom. The number of rotatable bonds is 7. The molecule has 6 nitrogen and oxygen atoms in total. The van der Waals surface area contributed by atoms with Gasteiger partial charge in [-0.3, -0.25) is 13.7 Å². The molecule has 244 valence electrons. The van der Waals surface area contributed by atoms with E-state index in [1.807, 2.05) is 30.6 Å².